The lowest BCUT2D eigenvalue weighted by molar-refractivity contribution is -0.0933. The molecule has 4 heteroatoms. The zero-order valence-corrected chi connectivity index (χ0v) is 13.7. The average Bonchev–Trinajstić information content (AvgIpc) is 2.94. The van der Waals surface area contributed by atoms with Gasteiger partial charge in [0.15, 0.2) is 0 Å². The number of nitrogens with one attached hydrogen (secondary N) is 1. The van der Waals surface area contributed by atoms with Crippen molar-refractivity contribution in [3.8, 4) is 0 Å². The number of likely N-dealkylation sites (tertiary alicyclic amines) is 1. The number of hydrogen-bond acceptors (Lipinski definition) is 4. The van der Waals surface area contributed by atoms with E-state index in [-0.39, 0.29) is 5.60 Å². The van der Waals surface area contributed by atoms with E-state index in [9.17, 15) is 0 Å². The van der Waals surface area contributed by atoms with Crippen LogP contribution in [0.15, 0.2) is 0 Å². The summed E-state index contributed by atoms with van der Waals surface area (Å²) in [6.45, 7) is 8.28. The average molecular weight is 298 g/mol. The SMILES string of the molecule is CCN1CCC(CNC2CCOC3(CCSCC3)C2)C1. The van der Waals surface area contributed by atoms with Gasteiger partial charge in [0.1, 0.15) is 0 Å². The van der Waals surface area contributed by atoms with E-state index >= 15 is 0 Å². The van der Waals surface area contributed by atoms with Crippen molar-refractivity contribution in [3.63, 3.8) is 0 Å². The molecular formula is C16H30N2OS. The van der Waals surface area contributed by atoms with Gasteiger partial charge in [0.05, 0.1) is 5.60 Å². The lowest BCUT2D eigenvalue weighted by Crippen LogP contribution is -2.49. The second kappa shape index (κ2) is 6.99. The molecular weight excluding hydrogens is 268 g/mol. The first-order chi connectivity index (χ1) is 9.80. The first-order valence-electron chi connectivity index (χ1n) is 8.47. The number of hydrogen-bond donors (Lipinski definition) is 1. The molecule has 0 amide bonds. The van der Waals surface area contributed by atoms with Crippen molar-refractivity contribution in [1.82, 2.24) is 10.2 Å². The van der Waals surface area contributed by atoms with Gasteiger partial charge >= 0.3 is 0 Å². The number of nitrogens with zero attached hydrogens (tertiary/aromatic N) is 1. The van der Waals surface area contributed by atoms with Crippen LogP contribution >= 0.6 is 11.8 Å². The Balaban J connectivity index is 1.43. The Morgan fingerprint density at radius 2 is 2.15 bits per heavy atom. The number of ether oxygens (including phenoxy) is 1. The van der Waals surface area contributed by atoms with E-state index in [4.69, 9.17) is 4.74 Å². The minimum absolute atomic E-state index is 0.228. The summed E-state index contributed by atoms with van der Waals surface area (Å²) in [4.78, 5) is 2.58. The summed E-state index contributed by atoms with van der Waals surface area (Å²) in [6.07, 6.45) is 6.37. The Labute approximate surface area is 128 Å². The van der Waals surface area contributed by atoms with Crippen LogP contribution in [-0.2, 0) is 4.74 Å². The van der Waals surface area contributed by atoms with E-state index in [1.165, 1.54) is 69.8 Å². The van der Waals surface area contributed by atoms with Crippen LogP contribution in [0.3, 0.4) is 0 Å². The zero-order valence-electron chi connectivity index (χ0n) is 12.9. The summed E-state index contributed by atoms with van der Waals surface area (Å²) >= 11 is 2.09. The summed E-state index contributed by atoms with van der Waals surface area (Å²) in [5, 5.41) is 3.87. The molecule has 3 saturated heterocycles. The molecule has 3 fully saturated rings. The molecule has 1 N–H and O–H groups in total. The van der Waals surface area contributed by atoms with Crippen LogP contribution in [0, 0.1) is 5.92 Å². The Kier molecular flexibility index (Phi) is 5.29. The molecule has 3 nitrogen and oxygen atoms in total. The van der Waals surface area contributed by atoms with Gasteiger partial charge in [0.2, 0.25) is 0 Å². The van der Waals surface area contributed by atoms with Crippen molar-refractivity contribution in [3.05, 3.63) is 0 Å². The molecule has 3 heterocycles. The van der Waals surface area contributed by atoms with Crippen LogP contribution in [0.25, 0.3) is 0 Å². The second-order valence-electron chi connectivity index (χ2n) is 6.79. The van der Waals surface area contributed by atoms with Gasteiger partial charge in [0.25, 0.3) is 0 Å². The quantitative estimate of drug-likeness (QED) is 0.861. The summed E-state index contributed by atoms with van der Waals surface area (Å²) in [7, 11) is 0. The maximum absolute atomic E-state index is 6.18. The van der Waals surface area contributed by atoms with Gasteiger partial charge in [-0.05, 0) is 69.2 Å². The minimum atomic E-state index is 0.228. The van der Waals surface area contributed by atoms with Crippen molar-refractivity contribution >= 4 is 11.8 Å². The van der Waals surface area contributed by atoms with Crippen molar-refractivity contribution in [1.29, 1.82) is 0 Å². The molecule has 0 aromatic heterocycles. The van der Waals surface area contributed by atoms with Crippen molar-refractivity contribution in [2.75, 3.05) is 44.3 Å². The minimum Gasteiger partial charge on any atom is -0.375 e. The number of thioether (sulfide) groups is 1. The van der Waals surface area contributed by atoms with Gasteiger partial charge in [-0.25, -0.2) is 0 Å². The van der Waals surface area contributed by atoms with E-state index in [0.717, 1.165) is 12.5 Å². The van der Waals surface area contributed by atoms with Crippen LogP contribution < -0.4 is 5.32 Å². The second-order valence-corrected chi connectivity index (χ2v) is 8.01. The Hall–Kier alpha value is 0.230. The van der Waals surface area contributed by atoms with E-state index in [0.29, 0.717) is 6.04 Å². The molecule has 0 aromatic carbocycles. The van der Waals surface area contributed by atoms with Crippen LogP contribution in [0.5, 0.6) is 0 Å². The highest BCUT2D eigenvalue weighted by Gasteiger charge is 2.38. The molecule has 3 aliphatic rings. The third-order valence-corrected chi connectivity index (χ3v) is 6.39. The molecule has 0 aromatic rings. The highest BCUT2D eigenvalue weighted by atomic mass is 32.2. The molecule has 2 unspecified atom stereocenters. The first-order valence-corrected chi connectivity index (χ1v) is 9.62. The van der Waals surface area contributed by atoms with Crippen LogP contribution in [0.4, 0.5) is 0 Å². The maximum Gasteiger partial charge on any atom is 0.0713 e. The van der Waals surface area contributed by atoms with Crippen molar-refractivity contribution in [2.24, 2.45) is 5.92 Å². The molecule has 116 valence electrons. The molecule has 0 saturated carbocycles. The summed E-state index contributed by atoms with van der Waals surface area (Å²) in [6, 6.07) is 0.697. The first kappa shape index (κ1) is 15.1. The molecule has 2 atom stereocenters. The van der Waals surface area contributed by atoms with Crippen molar-refractivity contribution < 1.29 is 4.74 Å². The molecule has 3 aliphatic heterocycles. The zero-order chi connectivity index (χ0) is 13.8. The molecule has 0 aliphatic carbocycles. The van der Waals surface area contributed by atoms with Gasteiger partial charge in [-0.15, -0.1) is 0 Å². The molecule has 3 rings (SSSR count). The predicted octanol–water partition coefficient (Wildman–Crippen LogP) is 2.36. The van der Waals surface area contributed by atoms with Crippen LogP contribution in [0.1, 0.15) is 39.0 Å². The van der Waals surface area contributed by atoms with E-state index in [1.807, 2.05) is 0 Å². The van der Waals surface area contributed by atoms with Gasteiger partial charge in [-0.1, -0.05) is 6.92 Å². The Bertz CT molecular complexity index is 301. The largest absolute Gasteiger partial charge is 0.375 e. The third-order valence-electron chi connectivity index (χ3n) is 5.41. The molecule has 20 heavy (non-hydrogen) atoms. The van der Waals surface area contributed by atoms with Crippen molar-refractivity contribution in [2.45, 2.75) is 50.7 Å². The third kappa shape index (κ3) is 3.70. The molecule has 0 radical (unpaired) electrons. The summed E-state index contributed by atoms with van der Waals surface area (Å²) < 4.78 is 6.18. The fraction of sp³-hybridized carbons (Fsp3) is 1.00. The molecule has 0 bridgehead atoms. The Morgan fingerprint density at radius 3 is 2.90 bits per heavy atom. The van der Waals surface area contributed by atoms with Gasteiger partial charge < -0.3 is 15.0 Å². The van der Waals surface area contributed by atoms with E-state index < -0.39 is 0 Å². The highest BCUT2D eigenvalue weighted by molar-refractivity contribution is 7.99. The lowest BCUT2D eigenvalue weighted by Gasteiger charge is -2.43. The number of rotatable bonds is 4. The standard InChI is InChI=1S/C16H30N2OS/c1-2-18-7-3-14(13-18)12-17-15-4-8-19-16(11-15)5-9-20-10-6-16/h14-15,17H,2-13H2,1H3. The van der Waals surface area contributed by atoms with Gasteiger partial charge in [0, 0.05) is 19.2 Å². The van der Waals surface area contributed by atoms with E-state index in [2.05, 4.69) is 28.9 Å². The lowest BCUT2D eigenvalue weighted by atomic mass is 9.85. The summed E-state index contributed by atoms with van der Waals surface area (Å²) in [5.74, 6) is 3.46. The fourth-order valence-corrected chi connectivity index (χ4v) is 5.23. The maximum atomic E-state index is 6.18. The fourth-order valence-electron chi connectivity index (χ4n) is 3.99. The van der Waals surface area contributed by atoms with Crippen LogP contribution in [0.2, 0.25) is 0 Å². The normalized spacial score (nSPS) is 34.6. The predicted molar refractivity (Wildman–Crippen MR) is 86.5 cm³/mol. The van der Waals surface area contributed by atoms with Gasteiger partial charge in [-0.3, -0.25) is 0 Å². The topological polar surface area (TPSA) is 24.5 Å². The molecule has 1 spiro atoms. The monoisotopic (exact) mass is 298 g/mol. The van der Waals surface area contributed by atoms with E-state index in [1.54, 1.807) is 0 Å². The highest BCUT2D eigenvalue weighted by Crippen LogP contribution is 2.37. The van der Waals surface area contributed by atoms with Crippen LogP contribution in [-0.4, -0.2) is 60.8 Å². The Morgan fingerprint density at radius 1 is 1.30 bits per heavy atom. The van der Waals surface area contributed by atoms with Gasteiger partial charge in [-0.2, -0.15) is 11.8 Å². The smallest absolute Gasteiger partial charge is 0.0713 e. The summed E-state index contributed by atoms with van der Waals surface area (Å²) in [5.41, 5.74) is 0.228.